The number of amides is 2. The molecular formula is C21H21N3O3. The van der Waals surface area contributed by atoms with Crippen molar-refractivity contribution in [2.45, 2.75) is 25.4 Å². The molecule has 27 heavy (non-hydrogen) atoms. The SMILES string of the molecule is O=C(CN1Cc2ccccc2C1=O)N1C[C@H]2C[C@@H](C1)c1cccc(=O)n1C2. The van der Waals surface area contributed by atoms with Gasteiger partial charge in [-0.2, -0.15) is 0 Å². The Kier molecular flexibility index (Phi) is 3.67. The van der Waals surface area contributed by atoms with Crippen molar-refractivity contribution in [2.24, 2.45) is 5.92 Å². The van der Waals surface area contributed by atoms with Crippen LogP contribution < -0.4 is 5.56 Å². The van der Waals surface area contributed by atoms with Crippen molar-refractivity contribution in [1.29, 1.82) is 0 Å². The van der Waals surface area contributed by atoms with Crippen LogP contribution in [0.15, 0.2) is 47.3 Å². The highest BCUT2D eigenvalue weighted by Crippen LogP contribution is 2.35. The Balaban J connectivity index is 1.32. The number of nitrogens with zero attached hydrogens (tertiary/aromatic N) is 3. The van der Waals surface area contributed by atoms with E-state index in [0.29, 0.717) is 37.7 Å². The second-order valence-corrected chi connectivity index (χ2v) is 7.82. The third kappa shape index (κ3) is 2.67. The molecule has 2 aromatic rings. The first-order chi connectivity index (χ1) is 13.1. The van der Waals surface area contributed by atoms with Gasteiger partial charge < -0.3 is 14.4 Å². The predicted octanol–water partition coefficient (Wildman–Crippen LogP) is 1.45. The maximum atomic E-state index is 12.9. The second kappa shape index (κ2) is 6.08. The van der Waals surface area contributed by atoms with Gasteiger partial charge in [-0.3, -0.25) is 14.4 Å². The zero-order chi connectivity index (χ0) is 18.5. The predicted molar refractivity (Wildman–Crippen MR) is 99.3 cm³/mol. The average Bonchev–Trinajstić information content (AvgIpc) is 2.98. The lowest BCUT2D eigenvalue weighted by Gasteiger charge is -2.43. The van der Waals surface area contributed by atoms with Crippen LogP contribution in [0.5, 0.6) is 0 Å². The van der Waals surface area contributed by atoms with Crippen LogP contribution in [0.2, 0.25) is 0 Å². The first kappa shape index (κ1) is 16.3. The Hall–Kier alpha value is -2.89. The summed E-state index contributed by atoms with van der Waals surface area (Å²) in [6, 6.07) is 12.9. The summed E-state index contributed by atoms with van der Waals surface area (Å²) in [5, 5.41) is 0. The summed E-state index contributed by atoms with van der Waals surface area (Å²) in [6.45, 7) is 2.57. The largest absolute Gasteiger partial charge is 0.340 e. The summed E-state index contributed by atoms with van der Waals surface area (Å²) in [5.74, 6) is 0.430. The zero-order valence-corrected chi connectivity index (χ0v) is 15.0. The van der Waals surface area contributed by atoms with E-state index in [9.17, 15) is 14.4 Å². The number of fused-ring (bicyclic) bond motifs is 5. The van der Waals surface area contributed by atoms with Crippen LogP contribution in [0.4, 0.5) is 0 Å². The summed E-state index contributed by atoms with van der Waals surface area (Å²) in [4.78, 5) is 41.1. The normalized spacial score (nSPS) is 23.2. The molecule has 0 radical (unpaired) electrons. The molecule has 6 heteroatoms. The van der Waals surface area contributed by atoms with Crippen molar-refractivity contribution in [2.75, 3.05) is 19.6 Å². The molecule has 2 bridgehead atoms. The van der Waals surface area contributed by atoms with Gasteiger partial charge in [0.1, 0.15) is 6.54 Å². The van der Waals surface area contributed by atoms with E-state index < -0.39 is 0 Å². The van der Waals surface area contributed by atoms with Gasteiger partial charge in [0.25, 0.3) is 11.5 Å². The van der Waals surface area contributed by atoms with E-state index in [4.69, 9.17) is 0 Å². The van der Waals surface area contributed by atoms with Gasteiger partial charge in [0.15, 0.2) is 0 Å². The second-order valence-electron chi connectivity index (χ2n) is 7.82. The molecule has 1 fully saturated rings. The summed E-state index contributed by atoms with van der Waals surface area (Å²) in [5.41, 5.74) is 2.76. The minimum atomic E-state index is -0.0620. The number of carbonyl (C=O) groups excluding carboxylic acids is 2. The quantitative estimate of drug-likeness (QED) is 0.811. The highest BCUT2D eigenvalue weighted by Gasteiger charge is 2.37. The Morgan fingerprint density at radius 2 is 1.85 bits per heavy atom. The Bertz CT molecular complexity index is 996. The van der Waals surface area contributed by atoms with Crippen molar-refractivity contribution >= 4 is 11.8 Å². The van der Waals surface area contributed by atoms with Crippen LogP contribution in [-0.4, -0.2) is 45.8 Å². The van der Waals surface area contributed by atoms with E-state index in [1.807, 2.05) is 39.8 Å². The molecule has 3 aliphatic heterocycles. The minimum absolute atomic E-state index is 0.00224. The summed E-state index contributed by atoms with van der Waals surface area (Å²) in [7, 11) is 0. The standard InChI is InChI=1S/C21H21N3O3/c25-19-7-3-6-18-16-8-14(10-24(18)19)9-22(12-16)20(26)13-23-11-15-4-1-2-5-17(15)21(23)27/h1-7,14,16H,8-13H2/t14-,16+/m1/s1. The number of piperidine rings is 1. The van der Waals surface area contributed by atoms with E-state index in [1.54, 1.807) is 17.0 Å². The van der Waals surface area contributed by atoms with Gasteiger partial charge in [0.2, 0.25) is 5.91 Å². The van der Waals surface area contributed by atoms with Gasteiger partial charge in [0, 0.05) is 49.4 Å². The van der Waals surface area contributed by atoms with Crippen LogP contribution in [0.25, 0.3) is 0 Å². The molecule has 138 valence electrons. The van der Waals surface area contributed by atoms with Crippen molar-refractivity contribution in [3.63, 3.8) is 0 Å². The van der Waals surface area contributed by atoms with Crippen molar-refractivity contribution in [3.8, 4) is 0 Å². The summed E-state index contributed by atoms with van der Waals surface area (Å²) in [6.07, 6.45) is 1.02. The molecule has 2 amide bonds. The van der Waals surface area contributed by atoms with Gasteiger partial charge in [0.05, 0.1) is 0 Å². The molecule has 6 nitrogen and oxygen atoms in total. The van der Waals surface area contributed by atoms with Crippen LogP contribution >= 0.6 is 0 Å². The van der Waals surface area contributed by atoms with E-state index in [1.165, 1.54) is 0 Å². The van der Waals surface area contributed by atoms with Crippen molar-refractivity contribution < 1.29 is 9.59 Å². The fourth-order valence-corrected chi connectivity index (χ4v) is 4.81. The maximum Gasteiger partial charge on any atom is 0.254 e. The number of likely N-dealkylation sites (tertiary alicyclic amines) is 1. The lowest BCUT2D eigenvalue weighted by molar-refractivity contribution is -0.134. The molecule has 0 spiro atoms. The molecule has 2 atom stereocenters. The highest BCUT2D eigenvalue weighted by atomic mass is 16.2. The maximum absolute atomic E-state index is 12.9. The Morgan fingerprint density at radius 1 is 1.00 bits per heavy atom. The zero-order valence-electron chi connectivity index (χ0n) is 15.0. The number of pyridine rings is 1. The molecular weight excluding hydrogens is 342 g/mol. The lowest BCUT2D eigenvalue weighted by atomic mass is 9.83. The van der Waals surface area contributed by atoms with E-state index in [-0.39, 0.29) is 29.8 Å². The molecule has 1 aromatic carbocycles. The topological polar surface area (TPSA) is 62.6 Å². The molecule has 5 rings (SSSR count). The van der Waals surface area contributed by atoms with Crippen LogP contribution in [-0.2, 0) is 17.9 Å². The van der Waals surface area contributed by atoms with Gasteiger partial charge in [-0.15, -0.1) is 0 Å². The van der Waals surface area contributed by atoms with Crippen molar-refractivity contribution in [3.05, 3.63) is 69.6 Å². The number of benzene rings is 1. The van der Waals surface area contributed by atoms with Gasteiger partial charge in [-0.05, 0) is 30.0 Å². The third-order valence-electron chi connectivity index (χ3n) is 6.05. The van der Waals surface area contributed by atoms with Crippen LogP contribution in [0, 0.1) is 5.92 Å². The first-order valence-corrected chi connectivity index (χ1v) is 9.45. The van der Waals surface area contributed by atoms with E-state index in [2.05, 4.69) is 0 Å². The van der Waals surface area contributed by atoms with E-state index in [0.717, 1.165) is 17.7 Å². The van der Waals surface area contributed by atoms with Gasteiger partial charge >= 0.3 is 0 Å². The molecule has 0 unspecified atom stereocenters. The molecule has 4 heterocycles. The van der Waals surface area contributed by atoms with Crippen LogP contribution in [0.1, 0.15) is 34.0 Å². The molecule has 0 saturated carbocycles. The first-order valence-electron chi connectivity index (χ1n) is 9.45. The van der Waals surface area contributed by atoms with E-state index >= 15 is 0 Å². The molecule has 0 N–H and O–H groups in total. The number of rotatable bonds is 2. The third-order valence-corrected chi connectivity index (χ3v) is 6.05. The smallest absolute Gasteiger partial charge is 0.254 e. The highest BCUT2D eigenvalue weighted by molar-refractivity contribution is 6.00. The summed E-state index contributed by atoms with van der Waals surface area (Å²) >= 11 is 0. The average molecular weight is 363 g/mol. The van der Waals surface area contributed by atoms with Gasteiger partial charge in [-0.1, -0.05) is 24.3 Å². The molecule has 3 aliphatic rings. The fraction of sp³-hybridized carbons (Fsp3) is 0.381. The van der Waals surface area contributed by atoms with Gasteiger partial charge in [-0.25, -0.2) is 0 Å². The molecule has 0 aliphatic carbocycles. The molecule has 1 saturated heterocycles. The summed E-state index contributed by atoms with van der Waals surface area (Å²) < 4.78 is 1.86. The van der Waals surface area contributed by atoms with Crippen molar-refractivity contribution in [1.82, 2.24) is 14.4 Å². The number of carbonyl (C=O) groups is 2. The Morgan fingerprint density at radius 3 is 2.70 bits per heavy atom. The minimum Gasteiger partial charge on any atom is -0.340 e. The number of hydrogen-bond donors (Lipinski definition) is 0. The lowest BCUT2D eigenvalue weighted by Crippen LogP contribution is -2.51. The monoisotopic (exact) mass is 363 g/mol. The fourth-order valence-electron chi connectivity index (χ4n) is 4.81. The Labute approximate surface area is 157 Å². The van der Waals surface area contributed by atoms with Crippen LogP contribution in [0.3, 0.4) is 0 Å². The number of hydrogen-bond acceptors (Lipinski definition) is 3. The number of aromatic nitrogens is 1. The molecule has 1 aromatic heterocycles.